The Bertz CT molecular complexity index is 42.5. The molecule has 0 saturated heterocycles. The highest BCUT2D eigenvalue weighted by Crippen LogP contribution is 1.95. The van der Waals surface area contributed by atoms with Gasteiger partial charge in [0.15, 0.2) is 0 Å². The fourth-order valence-electron chi connectivity index (χ4n) is 0.134. The smallest absolute Gasteiger partial charge is 0.0305 e. The van der Waals surface area contributed by atoms with Gasteiger partial charge in [-0.2, -0.15) is 0 Å². The van der Waals surface area contributed by atoms with Crippen LogP contribution >= 0.6 is 23.2 Å². The van der Waals surface area contributed by atoms with Crippen LogP contribution in [-0.2, 0) is 0 Å². The topological polar surface area (TPSA) is 0 Å². The molecule has 64 valence electrons. The summed E-state index contributed by atoms with van der Waals surface area (Å²) < 4.78 is 0. The van der Waals surface area contributed by atoms with E-state index in [1.807, 2.05) is 6.92 Å². The number of hydrogen-bond donors (Lipinski definition) is 0. The highest BCUT2D eigenvalue weighted by Gasteiger charge is 1.83. The van der Waals surface area contributed by atoms with Gasteiger partial charge in [0.1, 0.15) is 0 Å². The lowest BCUT2D eigenvalue weighted by molar-refractivity contribution is 0.892. The molecular weight excluding hydrogens is 167 g/mol. The summed E-state index contributed by atoms with van der Waals surface area (Å²) in [5.74, 6) is 0.816. The second-order valence-electron chi connectivity index (χ2n) is 2.23. The zero-order valence-electron chi connectivity index (χ0n) is 7.16. The van der Waals surface area contributed by atoms with Crippen LogP contribution in [0, 0.1) is 0 Å². The summed E-state index contributed by atoms with van der Waals surface area (Å²) in [6, 6.07) is 0. The second-order valence-corrected chi connectivity index (χ2v) is 3.35. The molecule has 0 aliphatic heterocycles. The molecule has 0 aromatic rings. The predicted octanol–water partition coefficient (Wildman–Crippen LogP) is 4.05. The van der Waals surface area contributed by atoms with Crippen molar-refractivity contribution < 1.29 is 0 Å². The first-order chi connectivity index (χ1) is 4.68. The molecule has 0 saturated carbocycles. The van der Waals surface area contributed by atoms with Crippen LogP contribution in [0.4, 0.5) is 0 Å². The Morgan fingerprint density at radius 3 is 1.70 bits per heavy atom. The van der Waals surface area contributed by atoms with Crippen LogP contribution in [0.25, 0.3) is 0 Å². The molecule has 0 fully saturated rings. The lowest BCUT2D eigenvalue weighted by atomic mass is 10.4. The summed E-state index contributed by atoms with van der Waals surface area (Å²) in [6.45, 7) is 6.18. The molecule has 0 amide bonds. The molecule has 0 nitrogen and oxygen atoms in total. The Hall–Kier alpha value is 0.580. The first-order valence-corrected chi connectivity index (χ1v) is 4.86. The van der Waals surface area contributed by atoms with E-state index in [2.05, 4.69) is 13.8 Å². The van der Waals surface area contributed by atoms with Crippen LogP contribution in [0.1, 0.15) is 40.0 Å². The van der Waals surface area contributed by atoms with Gasteiger partial charge in [-0.3, -0.25) is 0 Å². The highest BCUT2D eigenvalue weighted by atomic mass is 35.5. The third-order valence-electron chi connectivity index (χ3n) is 1.05. The zero-order chi connectivity index (χ0) is 8.41. The van der Waals surface area contributed by atoms with E-state index in [1.165, 1.54) is 6.42 Å². The van der Waals surface area contributed by atoms with Crippen LogP contribution in [-0.4, -0.2) is 11.3 Å². The van der Waals surface area contributed by atoms with Crippen LogP contribution in [0.2, 0.25) is 0 Å². The summed E-state index contributed by atoms with van der Waals surface area (Å²) in [6.07, 6.45) is 3.44. The van der Waals surface area contributed by atoms with Crippen molar-refractivity contribution in [2.45, 2.75) is 45.4 Å². The van der Waals surface area contributed by atoms with Gasteiger partial charge in [0.05, 0.1) is 0 Å². The van der Waals surface area contributed by atoms with E-state index in [-0.39, 0.29) is 0 Å². The van der Waals surface area contributed by atoms with Gasteiger partial charge in [-0.05, 0) is 19.8 Å². The standard InChI is InChI=1S/2C4H9Cl/c1-3-4(2)5;1-2-3-4-5/h4H,3H2,1-2H3;2-4H2,1H3. The maximum atomic E-state index is 5.46. The van der Waals surface area contributed by atoms with E-state index in [4.69, 9.17) is 23.2 Å². The van der Waals surface area contributed by atoms with Crippen molar-refractivity contribution in [1.29, 1.82) is 0 Å². The molecule has 0 N–H and O–H groups in total. The van der Waals surface area contributed by atoms with Gasteiger partial charge >= 0.3 is 0 Å². The van der Waals surface area contributed by atoms with Gasteiger partial charge < -0.3 is 0 Å². The third kappa shape index (κ3) is 23.5. The molecule has 1 unspecified atom stereocenters. The molecule has 2 heteroatoms. The fraction of sp³-hybridized carbons (Fsp3) is 1.00. The third-order valence-corrected chi connectivity index (χ3v) is 1.63. The Balaban J connectivity index is 0. The van der Waals surface area contributed by atoms with Crippen LogP contribution in [0.3, 0.4) is 0 Å². The summed E-state index contributed by atoms with van der Waals surface area (Å²) in [4.78, 5) is 0. The first kappa shape index (κ1) is 13.2. The summed E-state index contributed by atoms with van der Waals surface area (Å²) in [5, 5.41) is 0.356. The monoisotopic (exact) mass is 184 g/mol. The Morgan fingerprint density at radius 2 is 1.70 bits per heavy atom. The minimum Gasteiger partial charge on any atom is -0.127 e. The van der Waals surface area contributed by atoms with Gasteiger partial charge in [-0.15, -0.1) is 23.2 Å². The Labute approximate surface area is 74.9 Å². The van der Waals surface area contributed by atoms with Crippen molar-refractivity contribution in [2.24, 2.45) is 0 Å². The zero-order valence-corrected chi connectivity index (χ0v) is 8.67. The quantitative estimate of drug-likeness (QED) is 0.582. The molecule has 0 aromatic heterocycles. The number of alkyl halides is 2. The minimum atomic E-state index is 0.356. The van der Waals surface area contributed by atoms with Gasteiger partial charge in [-0.1, -0.05) is 20.3 Å². The molecule has 0 rings (SSSR count). The average molecular weight is 185 g/mol. The van der Waals surface area contributed by atoms with Gasteiger partial charge in [0.25, 0.3) is 0 Å². The number of halogens is 2. The molecule has 0 aliphatic rings. The van der Waals surface area contributed by atoms with E-state index in [0.717, 1.165) is 18.7 Å². The van der Waals surface area contributed by atoms with Crippen molar-refractivity contribution in [1.82, 2.24) is 0 Å². The van der Waals surface area contributed by atoms with Crippen molar-refractivity contribution >= 4 is 23.2 Å². The largest absolute Gasteiger partial charge is 0.127 e. The molecule has 0 spiro atoms. The van der Waals surface area contributed by atoms with Crippen molar-refractivity contribution in [2.75, 3.05) is 5.88 Å². The number of rotatable bonds is 3. The normalized spacial score (nSPS) is 11.7. The molecule has 0 aliphatic carbocycles. The first-order valence-electron chi connectivity index (χ1n) is 3.89. The maximum absolute atomic E-state index is 5.46. The van der Waals surface area contributed by atoms with E-state index in [0.29, 0.717) is 5.38 Å². The lowest BCUT2D eigenvalue weighted by Crippen LogP contribution is -1.81. The molecule has 10 heavy (non-hydrogen) atoms. The molecule has 0 radical (unpaired) electrons. The summed E-state index contributed by atoms with van der Waals surface area (Å²) >= 11 is 10.8. The van der Waals surface area contributed by atoms with Crippen molar-refractivity contribution in [3.05, 3.63) is 0 Å². The number of hydrogen-bond acceptors (Lipinski definition) is 0. The van der Waals surface area contributed by atoms with E-state index >= 15 is 0 Å². The molecule has 0 bridgehead atoms. The van der Waals surface area contributed by atoms with E-state index in [9.17, 15) is 0 Å². The molecule has 0 heterocycles. The SMILES string of the molecule is CCC(C)Cl.CCCCCl. The minimum absolute atomic E-state index is 0.356. The van der Waals surface area contributed by atoms with Crippen molar-refractivity contribution in [3.63, 3.8) is 0 Å². The van der Waals surface area contributed by atoms with Gasteiger partial charge in [0, 0.05) is 11.3 Å². The maximum Gasteiger partial charge on any atom is 0.0305 e. The highest BCUT2D eigenvalue weighted by molar-refractivity contribution is 6.20. The second kappa shape index (κ2) is 12.3. The van der Waals surface area contributed by atoms with Crippen molar-refractivity contribution in [3.8, 4) is 0 Å². The fourth-order valence-corrected chi connectivity index (χ4v) is 0.401. The van der Waals surface area contributed by atoms with Gasteiger partial charge in [-0.25, -0.2) is 0 Å². The molecule has 0 aromatic carbocycles. The predicted molar refractivity (Wildman–Crippen MR) is 51.2 cm³/mol. The van der Waals surface area contributed by atoms with Crippen LogP contribution in [0.5, 0.6) is 0 Å². The van der Waals surface area contributed by atoms with E-state index < -0.39 is 0 Å². The summed E-state index contributed by atoms with van der Waals surface area (Å²) in [7, 11) is 0. The molecule has 1 atom stereocenters. The lowest BCUT2D eigenvalue weighted by Gasteiger charge is -1.87. The molecular formula is C8H18Cl2. The average Bonchev–Trinajstić information content (AvgIpc) is 1.91. The number of unbranched alkanes of at least 4 members (excludes halogenated alkanes) is 1. The van der Waals surface area contributed by atoms with Crippen LogP contribution < -0.4 is 0 Å². The van der Waals surface area contributed by atoms with Crippen LogP contribution in [0.15, 0.2) is 0 Å². The van der Waals surface area contributed by atoms with E-state index in [1.54, 1.807) is 0 Å². The Morgan fingerprint density at radius 1 is 1.30 bits per heavy atom. The summed E-state index contributed by atoms with van der Waals surface area (Å²) in [5.41, 5.74) is 0. The van der Waals surface area contributed by atoms with Gasteiger partial charge in [0.2, 0.25) is 0 Å². The Kier molecular flexibility index (Phi) is 16.2.